The number of rotatable bonds is 6. The molecule has 4 rings (SSSR count). The van der Waals surface area contributed by atoms with Gasteiger partial charge in [-0.2, -0.15) is 0 Å². The van der Waals surface area contributed by atoms with Gasteiger partial charge in [0.15, 0.2) is 5.76 Å². The Morgan fingerprint density at radius 1 is 0.848 bits per heavy atom. The number of carbonyl (C=O) groups is 1. The number of hydrogen-bond acceptors (Lipinski definition) is 7. The molecule has 7 heteroatoms. The number of carbonyl (C=O) groups excluding carboxylic acids is 1. The maximum absolute atomic E-state index is 13.4. The lowest BCUT2D eigenvalue weighted by Crippen LogP contribution is -2.18. The highest BCUT2D eigenvalue weighted by Gasteiger charge is 2.25. The van der Waals surface area contributed by atoms with E-state index in [1.54, 1.807) is 61.7 Å². The molecule has 0 bridgehead atoms. The number of methoxy groups -OCH3 is 3. The summed E-state index contributed by atoms with van der Waals surface area (Å²) >= 11 is 0. The summed E-state index contributed by atoms with van der Waals surface area (Å²) in [5, 5.41) is 0.307. The number of hydrogen-bond donors (Lipinski definition) is 0. The van der Waals surface area contributed by atoms with Crippen LogP contribution in [0.3, 0.4) is 0 Å². The smallest absolute Gasteiger partial charge is 0.351 e. The number of esters is 1. The fourth-order valence-electron chi connectivity index (χ4n) is 3.51. The van der Waals surface area contributed by atoms with E-state index in [4.69, 9.17) is 23.4 Å². The molecule has 1 aromatic heterocycles. The highest BCUT2D eigenvalue weighted by molar-refractivity contribution is 5.98. The third-order valence-electron chi connectivity index (χ3n) is 5.18. The Labute approximate surface area is 190 Å². The van der Waals surface area contributed by atoms with E-state index in [-0.39, 0.29) is 28.6 Å². The molecule has 0 radical (unpaired) electrons. The second kappa shape index (κ2) is 9.08. The van der Waals surface area contributed by atoms with Crippen LogP contribution in [0.2, 0.25) is 0 Å². The van der Waals surface area contributed by atoms with Gasteiger partial charge < -0.3 is 23.4 Å². The summed E-state index contributed by atoms with van der Waals surface area (Å²) in [6, 6.07) is 17.0. The van der Waals surface area contributed by atoms with Crippen molar-refractivity contribution in [3.63, 3.8) is 0 Å². The molecular formula is C26H22O7. The predicted octanol–water partition coefficient (Wildman–Crippen LogP) is 5.01. The average molecular weight is 446 g/mol. The van der Waals surface area contributed by atoms with Crippen molar-refractivity contribution in [3.8, 4) is 34.3 Å². The summed E-state index contributed by atoms with van der Waals surface area (Å²) < 4.78 is 27.6. The molecule has 3 aromatic carbocycles. The van der Waals surface area contributed by atoms with E-state index in [2.05, 4.69) is 0 Å². The molecule has 0 saturated carbocycles. The van der Waals surface area contributed by atoms with E-state index in [1.165, 1.54) is 14.2 Å². The van der Waals surface area contributed by atoms with Gasteiger partial charge >= 0.3 is 5.97 Å². The van der Waals surface area contributed by atoms with Crippen molar-refractivity contribution in [1.29, 1.82) is 0 Å². The van der Waals surface area contributed by atoms with E-state index in [0.29, 0.717) is 22.3 Å². The van der Waals surface area contributed by atoms with Gasteiger partial charge in [0.1, 0.15) is 28.4 Å². The minimum Gasteiger partial charge on any atom is -0.497 e. The Morgan fingerprint density at radius 3 is 2.12 bits per heavy atom. The van der Waals surface area contributed by atoms with E-state index >= 15 is 0 Å². The van der Waals surface area contributed by atoms with Gasteiger partial charge in [0.2, 0.25) is 11.2 Å². The highest BCUT2D eigenvalue weighted by atomic mass is 16.5. The van der Waals surface area contributed by atoms with Gasteiger partial charge in [-0.25, -0.2) is 4.79 Å². The molecule has 0 aliphatic carbocycles. The van der Waals surface area contributed by atoms with Crippen LogP contribution in [-0.2, 0) is 0 Å². The zero-order chi connectivity index (χ0) is 23.5. The average Bonchev–Trinajstić information content (AvgIpc) is 2.85. The third-order valence-corrected chi connectivity index (χ3v) is 5.18. The summed E-state index contributed by atoms with van der Waals surface area (Å²) in [4.78, 5) is 26.7. The Bertz CT molecular complexity index is 1360. The standard InChI is InChI=1S/C26H22O7/c1-15-8-13-19-18(14-15)23(27)25(24(32-19)16-9-11-17(29-2)12-10-16)33-26(28)22-20(30-3)6-5-7-21(22)31-4/h5-14H,1-4H3. The van der Waals surface area contributed by atoms with Crippen LogP contribution < -0.4 is 24.4 Å². The monoisotopic (exact) mass is 446 g/mol. The van der Waals surface area contributed by atoms with Crippen LogP contribution in [0.4, 0.5) is 0 Å². The van der Waals surface area contributed by atoms with Crippen LogP contribution in [0.1, 0.15) is 15.9 Å². The van der Waals surface area contributed by atoms with Crippen molar-refractivity contribution >= 4 is 16.9 Å². The first-order valence-corrected chi connectivity index (χ1v) is 10.1. The largest absolute Gasteiger partial charge is 0.497 e. The molecule has 0 fully saturated rings. The van der Waals surface area contributed by atoms with Gasteiger partial charge in [-0.3, -0.25) is 4.79 Å². The summed E-state index contributed by atoms with van der Waals surface area (Å²) in [6.45, 7) is 1.86. The van der Waals surface area contributed by atoms with Crippen LogP contribution in [0.25, 0.3) is 22.3 Å². The van der Waals surface area contributed by atoms with Gasteiger partial charge in [0.25, 0.3) is 0 Å². The van der Waals surface area contributed by atoms with Crippen LogP contribution in [0, 0.1) is 6.92 Å². The van der Waals surface area contributed by atoms with Crippen molar-refractivity contribution in [2.45, 2.75) is 6.92 Å². The normalized spacial score (nSPS) is 10.7. The van der Waals surface area contributed by atoms with E-state index < -0.39 is 11.4 Å². The molecule has 0 aliphatic heterocycles. The lowest BCUT2D eigenvalue weighted by atomic mass is 10.1. The zero-order valence-corrected chi connectivity index (χ0v) is 18.6. The number of fused-ring (bicyclic) bond motifs is 1. The molecule has 0 unspecified atom stereocenters. The quantitative estimate of drug-likeness (QED) is 0.385. The van der Waals surface area contributed by atoms with Gasteiger partial charge in [-0.1, -0.05) is 17.7 Å². The maximum atomic E-state index is 13.4. The second-order valence-electron chi connectivity index (χ2n) is 7.24. The number of benzene rings is 3. The lowest BCUT2D eigenvalue weighted by molar-refractivity contribution is 0.0724. The fraction of sp³-hybridized carbons (Fsp3) is 0.154. The summed E-state index contributed by atoms with van der Waals surface area (Å²) in [5.41, 5.74) is 1.40. The van der Waals surface area contributed by atoms with Crippen LogP contribution in [-0.4, -0.2) is 27.3 Å². The minimum absolute atomic E-state index is 0.0620. The van der Waals surface area contributed by atoms with Crippen molar-refractivity contribution < 1.29 is 28.2 Å². The van der Waals surface area contributed by atoms with Gasteiger partial charge in [-0.15, -0.1) is 0 Å². The van der Waals surface area contributed by atoms with Gasteiger partial charge in [0, 0.05) is 5.56 Å². The molecule has 0 spiro atoms. The van der Waals surface area contributed by atoms with Crippen molar-refractivity contribution in [2.75, 3.05) is 21.3 Å². The first-order chi connectivity index (χ1) is 16.0. The number of ether oxygens (including phenoxy) is 4. The fourth-order valence-corrected chi connectivity index (χ4v) is 3.51. The Kier molecular flexibility index (Phi) is 6.04. The Morgan fingerprint density at radius 2 is 1.52 bits per heavy atom. The Hall–Kier alpha value is -4.26. The Balaban J connectivity index is 1.91. The van der Waals surface area contributed by atoms with Gasteiger partial charge in [0.05, 0.1) is 26.7 Å². The second-order valence-corrected chi connectivity index (χ2v) is 7.24. The van der Waals surface area contributed by atoms with Crippen molar-refractivity contribution in [1.82, 2.24) is 0 Å². The van der Waals surface area contributed by atoms with E-state index in [0.717, 1.165) is 5.56 Å². The summed E-state index contributed by atoms with van der Waals surface area (Å²) in [5.74, 6) is 0.239. The first-order valence-electron chi connectivity index (χ1n) is 10.1. The topological polar surface area (TPSA) is 84.2 Å². The maximum Gasteiger partial charge on any atom is 0.351 e. The lowest BCUT2D eigenvalue weighted by Gasteiger charge is -2.14. The van der Waals surface area contributed by atoms with Gasteiger partial charge in [-0.05, 0) is 55.5 Å². The van der Waals surface area contributed by atoms with Crippen LogP contribution in [0.5, 0.6) is 23.0 Å². The van der Waals surface area contributed by atoms with E-state index in [9.17, 15) is 9.59 Å². The minimum atomic E-state index is -0.807. The molecule has 0 amide bonds. The first kappa shape index (κ1) is 22.0. The highest BCUT2D eigenvalue weighted by Crippen LogP contribution is 2.34. The molecule has 168 valence electrons. The summed E-state index contributed by atoms with van der Waals surface area (Å²) in [7, 11) is 4.42. The van der Waals surface area contributed by atoms with Crippen LogP contribution >= 0.6 is 0 Å². The molecule has 4 aromatic rings. The van der Waals surface area contributed by atoms with Crippen molar-refractivity contribution in [3.05, 3.63) is 82.0 Å². The predicted molar refractivity (Wildman–Crippen MR) is 124 cm³/mol. The molecule has 33 heavy (non-hydrogen) atoms. The molecule has 7 nitrogen and oxygen atoms in total. The molecule has 0 N–H and O–H groups in total. The number of aryl methyl sites for hydroxylation is 1. The van der Waals surface area contributed by atoms with E-state index in [1.807, 2.05) is 13.0 Å². The molecule has 0 atom stereocenters. The molecule has 0 saturated heterocycles. The molecule has 0 aliphatic rings. The molecular weight excluding hydrogens is 424 g/mol. The summed E-state index contributed by atoms with van der Waals surface area (Å²) in [6.07, 6.45) is 0. The third kappa shape index (κ3) is 4.13. The SMILES string of the molecule is COc1ccc(-c2oc3ccc(C)cc3c(=O)c2OC(=O)c2c(OC)cccc2OC)cc1. The van der Waals surface area contributed by atoms with Crippen molar-refractivity contribution in [2.24, 2.45) is 0 Å². The molecule has 1 heterocycles. The zero-order valence-electron chi connectivity index (χ0n) is 18.6. The van der Waals surface area contributed by atoms with Crippen LogP contribution in [0.15, 0.2) is 69.9 Å².